The Morgan fingerprint density at radius 1 is 1.42 bits per heavy atom. The van der Waals surface area contributed by atoms with E-state index in [0.29, 0.717) is 5.75 Å². The van der Waals surface area contributed by atoms with E-state index in [0.717, 1.165) is 41.7 Å². The van der Waals surface area contributed by atoms with Crippen molar-refractivity contribution in [3.05, 3.63) is 30.6 Å². The van der Waals surface area contributed by atoms with Gasteiger partial charge in [-0.2, -0.15) is 0 Å². The summed E-state index contributed by atoms with van der Waals surface area (Å²) in [5.74, 6) is 0.388. The summed E-state index contributed by atoms with van der Waals surface area (Å²) in [4.78, 5) is 19.3. The molecule has 1 aliphatic rings. The van der Waals surface area contributed by atoms with Crippen LogP contribution >= 0.6 is 23.1 Å². The molecule has 3 heterocycles. The first kappa shape index (κ1) is 17.3. The Morgan fingerprint density at radius 2 is 2.31 bits per heavy atom. The van der Waals surface area contributed by atoms with Gasteiger partial charge in [0.15, 0.2) is 10.3 Å². The number of hydrogen-bond donors (Lipinski definition) is 1. The van der Waals surface area contributed by atoms with Gasteiger partial charge >= 0.3 is 0 Å². The Hall–Kier alpha value is -2.13. The molecule has 0 bridgehead atoms. The van der Waals surface area contributed by atoms with E-state index in [1.54, 1.807) is 17.7 Å². The number of thiazole rings is 1. The molecule has 0 aliphatic carbocycles. The van der Waals surface area contributed by atoms with E-state index in [4.69, 9.17) is 4.98 Å². The summed E-state index contributed by atoms with van der Waals surface area (Å²) in [6.07, 6.45) is 3.69. The number of aromatic nitrogens is 4. The van der Waals surface area contributed by atoms with Crippen molar-refractivity contribution in [3.63, 3.8) is 0 Å². The van der Waals surface area contributed by atoms with E-state index >= 15 is 0 Å². The summed E-state index contributed by atoms with van der Waals surface area (Å²) < 4.78 is 3.02. The highest BCUT2D eigenvalue weighted by Gasteiger charge is 2.23. The first-order chi connectivity index (χ1) is 12.7. The normalized spacial score (nSPS) is 17.6. The number of nitrogens with zero attached hydrogens (tertiary/aromatic N) is 5. The summed E-state index contributed by atoms with van der Waals surface area (Å²) in [7, 11) is 1.87. The molecule has 4 rings (SSSR count). The van der Waals surface area contributed by atoms with Crippen molar-refractivity contribution in [1.29, 1.82) is 0 Å². The third-order valence-electron chi connectivity index (χ3n) is 4.34. The predicted molar refractivity (Wildman–Crippen MR) is 105 cm³/mol. The molecule has 9 heteroatoms. The van der Waals surface area contributed by atoms with Crippen LogP contribution in [0.1, 0.15) is 12.8 Å². The lowest BCUT2D eigenvalue weighted by Crippen LogP contribution is -2.48. The molecule has 0 spiro atoms. The SMILES string of the molecule is Cn1cnnc1SCC(=O)NC1CCCN(c2nc3ccccc3s2)C1. The lowest BCUT2D eigenvalue weighted by Gasteiger charge is -2.32. The second kappa shape index (κ2) is 7.63. The van der Waals surface area contributed by atoms with E-state index < -0.39 is 0 Å². The summed E-state index contributed by atoms with van der Waals surface area (Å²) in [5, 5.41) is 12.8. The van der Waals surface area contributed by atoms with Crippen LogP contribution in [0.3, 0.4) is 0 Å². The second-order valence-electron chi connectivity index (χ2n) is 6.33. The summed E-state index contributed by atoms with van der Waals surface area (Å²) in [5.41, 5.74) is 1.04. The number of anilines is 1. The predicted octanol–water partition coefficient (Wildman–Crippen LogP) is 2.30. The number of piperidine rings is 1. The van der Waals surface area contributed by atoms with E-state index in [2.05, 4.69) is 26.5 Å². The quantitative estimate of drug-likeness (QED) is 0.676. The maximum Gasteiger partial charge on any atom is 0.230 e. The fraction of sp³-hybridized carbons (Fsp3) is 0.412. The van der Waals surface area contributed by atoms with Crippen molar-refractivity contribution in [1.82, 2.24) is 25.1 Å². The highest BCUT2D eigenvalue weighted by molar-refractivity contribution is 7.99. The van der Waals surface area contributed by atoms with Crippen LogP contribution < -0.4 is 10.2 Å². The van der Waals surface area contributed by atoms with E-state index in [1.807, 2.05) is 29.8 Å². The smallest absolute Gasteiger partial charge is 0.230 e. The molecule has 0 saturated carbocycles. The first-order valence-corrected chi connectivity index (χ1v) is 10.4. The number of hydrogen-bond acceptors (Lipinski definition) is 7. The van der Waals surface area contributed by atoms with Crippen LogP contribution in [0.15, 0.2) is 35.7 Å². The molecule has 26 heavy (non-hydrogen) atoms. The van der Waals surface area contributed by atoms with Gasteiger partial charge in [-0.25, -0.2) is 4.98 Å². The molecule has 1 unspecified atom stereocenters. The molecule has 1 N–H and O–H groups in total. The van der Waals surface area contributed by atoms with Crippen LogP contribution in [-0.2, 0) is 11.8 Å². The fourth-order valence-electron chi connectivity index (χ4n) is 3.07. The number of carbonyl (C=O) groups excluding carboxylic acids is 1. The van der Waals surface area contributed by atoms with Crippen molar-refractivity contribution >= 4 is 44.4 Å². The Kier molecular flexibility index (Phi) is 5.07. The molecular formula is C17H20N6OS2. The molecule has 136 valence electrons. The van der Waals surface area contributed by atoms with Gasteiger partial charge in [-0.1, -0.05) is 35.2 Å². The zero-order chi connectivity index (χ0) is 17.9. The maximum atomic E-state index is 12.3. The minimum atomic E-state index is 0.0362. The van der Waals surface area contributed by atoms with E-state index in [-0.39, 0.29) is 11.9 Å². The highest BCUT2D eigenvalue weighted by atomic mass is 32.2. The molecule has 0 radical (unpaired) electrons. The van der Waals surface area contributed by atoms with Crippen LogP contribution in [0.5, 0.6) is 0 Å². The number of benzene rings is 1. The number of para-hydroxylation sites is 1. The number of nitrogens with one attached hydrogen (secondary N) is 1. The molecule has 1 aromatic carbocycles. The minimum absolute atomic E-state index is 0.0362. The molecule has 1 aliphatic heterocycles. The molecule has 1 fully saturated rings. The van der Waals surface area contributed by atoms with Crippen LogP contribution in [0, 0.1) is 0 Å². The zero-order valence-corrected chi connectivity index (χ0v) is 16.1. The lowest BCUT2D eigenvalue weighted by atomic mass is 10.1. The lowest BCUT2D eigenvalue weighted by molar-refractivity contribution is -0.119. The second-order valence-corrected chi connectivity index (χ2v) is 8.28. The Balaban J connectivity index is 1.34. The van der Waals surface area contributed by atoms with Crippen molar-refractivity contribution < 1.29 is 4.79 Å². The van der Waals surface area contributed by atoms with Gasteiger partial charge in [0.05, 0.1) is 16.0 Å². The number of thioether (sulfide) groups is 1. The Bertz CT molecular complexity index is 874. The van der Waals surface area contributed by atoms with Crippen molar-refractivity contribution in [2.75, 3.05) is 23.7 Å². The van der Waals surface area contributed by atoms with Crippen molar-refractivity contribution in [2.45, 2.75) is 24.0 Å². The van der Waals surface area contributed by atoms with Gasteiger partial charge < -0.3 is 14.8 Å². The fourth-order valence-corrected chi connectivity index (χ4v) is 4.77. The van der Waals surface area contributed by atoms with Gasteiger partial charge in [-0.05, 0) is 25.0 Å². The monoisotopic (exact) mass is 388 g/mol. The van der Waals surface area contributed by atoms with Crippen LogP contribution in [0.25, 0.3) is 10.2 Å². The maximum absolute atomic E-state index is 12.3. The minimum Gasteiger partial charge on any atom is -0.351 e. The molecular weight excluding hydrogens is 368 g/mol. The average Bonchev–Trinajstić information content (AvgIpc) is 3.26. The number of aryl methyl sites for hydroxylation is 1. The largest absolute Gasteiger partial charge is 0.351 e. The van der Waals surface area contributed by atoms with Gasteiger partial charge in [0.2, 0.25) is 5.91 Å². The number of fused-ring (bicyclic) bond motifs is 1. The first-order valence-electron chi connectivity index (χ1n) is 8.56. The molecule has 1 amide bonds. The summed E-state index contributed by atoms with van der Waals surface area (Å²) in [6, 6.07) is 8.35. The third-order valence-corrected chi connectivity index (χ3v) is 6.47. The topological polar surface area (TPSA) is 75.9 Å². The Labute approximate surface area is 159 Å². The van der Waals surface area contributed by atoms with Gasteiger partial charge in [0.1, 0.15) is 6.33 Å². The average molecular weight is 389 g/mol. The van der Waals surface area contributed by atoms with E-state index in [9.17, 15) is 4.79 Å². The number of amides is 1. The van der Waals surface area contributed by atoms with Gasteiger partial charge in [-0.3, -0.25) is 4.79 Å². The molecule has 3 aromatic rings. The van der Waals surface area contributed by atoms with Crippen molar-refractivity contribution in [3.8, 4) is 0 Å². The third kappa shape index (κ3) is 3.83. The number of rotatable bonds is 5. The molecule has 1 atom stereocenters. The number of carbonyl (C=O) groups is 1. The van der Waals surface area contributed by atoms with Gasteiger partial charge in [0.25, 0.3) is 0 Å². The van der Waals surface area contributed by atoms with E-state index in [1.165, 1.54) is 16.5 Å². The molecule has 2 aromatic heterocycles. The summed E-state index contributed by atoms with van der Waals surface area (Å²) >= 11 is 3.12. The molecule has 1 saturated heterocycles. The van der Waals surface area contributed by atoms with Gasteiger partial charge in [-0.15, -0.1) is 10.2 Å². The highest BCUT2D eigenvalue weighted by Crippen LogP contribution is 2.30. The zero-order valence-electron chi connectivity index (χ0n) is 14.5. The van der Waals surface area contributed by atoms with Crippen LogP contribution in [-0.4, -0.2) is 50.5 Å². The van der Waals surface area contributed by atoms with Crippen LogP contribution in [0.4, 0.5) is 5.13 Å². The van der Waals surface area contributed by atoms with Crippen molar-refractivity contribution in [2.24, 2.45) is 7.05 Å². The standard InChI is InChI=1S/C17H20N6OS2/c1-22-11-18-21-17(22)25-10-15(24)19-12-5-4-8-23(9-12)16-20-13-6-2-3-7-14(13)26-16/h2-3,6-7,11-12H,4-5,8-10H2,1H3,(H,19,24). The molecule has 7 nitrogen and oxygen atoms in total. The summed E-state index contributed by atoms with van der Waals surface area (Å²) in [6.45, 7) is 1.79. The van der Waals surface area contributed by atoms with Crippen LogP contribution in [0.2, 0.25) is 0 Å². The van der Waals surface area contributed by atoms with Gasteiger partial charge in [0, 0.05) is 26.2 Å². The Morgan fingerprint density at radius 3 is 3.12 bits per heavy atom.